The molecule has 3 aliphatic heterocycles. The van der Waals surface area contributed by atoms with E-state index in [-0.39, 0.29) is 42.0 Å². The molecule has 4 atom stereocenters. The number of nitrogens with two attached hydrogens (primary N) is 1. The first kappa shape index (κ1) is 20.7. The van der Waals surface area contributed by atoms with Crippen LogP contribution in [0.3, 0.4) is 0 Å². The lowest BCUT2D eigenvalue weighted by Crippen LogP contribution is -2.46. The summed E-state index contributed by atoms with van der Waals surface area (Å²) in [5.41, 5.74) is 6.42. The maximum absolute atomic E-state index is 14.5. The average Bonchev–Trinajstić information content (AvgIpc) is 3.54. The van der Waals surface area contributed by atoms with Crippen molar-refractivity contribution in [1.82, 2.24) is 15.0 Å². The van der Waals surface area contributed by atoms with Crippen molar-refractivity contribution in [3.05, 3.63) is 18.3 Å². The fourth-order valence-corrected chi connectivity index (χ4v) is 5.52. The summed E-state index contributed by atoms with van der Waals surface area (Å²) in [5, 5.41) is 0. The summed E-state index contributed by atoms with van der Waals surface area (Å²) in [6.45, 7) is -1.40. The van der Waals surface area contributed by atoms with Crippen LogP contribution in [0.4, 0.5) is 35.1 Å². The Balaban J connectivity index is 1.42. The van der Waals surface area contributed by atoms with Crippen LogP contribution < -0.4 is 20.3 Å². The lowest BCUT2D eigenvalue weighted by molar-refractivity contribution is -0.0494. The zero-order valence-corrected chi connectivity index (χ0v) is 17.5. The Kier molecular flexibility index (Phi) is 4.58. The summed E-state index contributed by atoms with van der Waals surface area (Å²) in [4.78, 5) is 16.8. The Morgan fingerprint density at radius 2 is 2.00 bits per heavy atom. The number of hydrogen-bond acceptors (Lipinski definition) is 8. The number of alkyl halides is 4. The van der Waals surface area contributed by atoms with Crippen LogP contribution in [0.25, 0.3) is 11.3 Å². The molecule has 0 aromatic carbocycles. The van der Waals surface area contributed by atoms with Crippen LogP contribution in [0.15, 0.2) is 18.3 Å². The summed E-state index contributed by atoms with van der Waals surface area (Å²) in [7, 11) is 0. The highest BCUT2D eigenvalue weighted by Crippen LogP contribution is 2.49. The van der Waals surface area contributed by atoms with E-state index in [0.29, 0.717) is 43.2 Å². The number of fused-ring (bicyclic) bond motifs is 4. The van der Waals surface area contributed by atoms with Crippen LogP contribution in [-0.4, -0.2) is 65.4 Å². The summed E-state index contributed by atoms with van der Waals surface area (Å²) >= 11 is 0. The third-order valence-corrected chi connectivity index (χ3v) is 6.98. The molecule has 4 unspecified atom stereocenters. The van der Waals surface area contributed by atoms with E-state index in [1.54, 1.807) is 11.0 Å². The molecule has 1 saturated carbocycles. The lowest BCUT2D eigenvalue weighted by atomic mass is 10.1. The van der Waals surface area contributed by atoms with Crippen molar-refractivity contribution in [2.45, 2.75) is 50.0 Å². The molecular formula is C21H22F4N6O2. The second kappa shape index (κ2) is 7.31. The molecule has 2 aromatic heterocycles. The molecule has 3 saturated heterocycles. The number of halogens is 4. The molecule has 4 bridgehead atoms. The molecular weight excluding hydrogens is 444 g/mol. The van der Waals surface area contributed by atoms with Crippen molar-refractivity contribution < 1.29 is 27.0 Å². The van der Waals surface area contributed by atoms with Gasteiger partial charge in [0.2, 0.25) is 5.95 Å². The quantitative estimate of drug-likeness (QED) is 0.673. The Morgan fingerprint density at radius 3 is 2.67 bits per heavy atom. The Bertz CT molecular complexity index is 1090. The molecule has 12 heteroatoms. The van der Waals surface area contributed by atoms with Crippen molar-refractivity contribution in [3.8, 4) is 17.0 Å². The third kappa shape index (κ3) is 3.51. The predicted octanol–water partition coefficient (Wildman–Crippen LogP) is 2.93. The van der Waals surface area contributed by atoms with Crippen LogP contribution in [0, 0.1) is 5.92 Å². The number of hydrogen-bond donors (Lipinski definition) is 1. The third-order valence-electron chi connectivity index (χ3n) is 6.98. The SMILES string of the molecule is Nc1ncc(-c2cc(N3CC4CC3CO4)nc(N3CC4CC3C(F)(F)C4)n2)cc1OC(F)F. The lowest BCUT2D eigenvalue weighted by Gasteiger charge is -2.34. The normalized spacial score (nSPS) is 29.5. The van der Waals surface area contributed by atoms with Crippen molar-refractivity contribution >= 4 is 17.6 Å². The molecule has 176 valence electrons. The highest BCUT2D eigenvalue weighted by molar-refractivity contribution is 5.68. The topological polar surface area (TPSA) is 89.6 Å². The van der Waals surface area contributed by atoms with Gasteiger partial charge in [-0.2, -0.15) is 13.8 Å². The van der Waals surface area contributed by atoms with E-state index >= 15 is 0 Å². The Morgan fingerprint density at radius 1 is 1.15 bits per heavy atom. The number of aromatic nitrogens is 3. The minimum Gasteiger partial charge on any atom is -0.431 e. The smallest absolute Gasteiger partial charge is 0.387 e. The maximum Gasteiger partial charge on any atom is 0.387 e. The minimum absolute atomic E-state index is 0.105. The molecule has 1 aliphatic carbocycles. The number of pyridine rings is 1. The van der Waals surface area contributed by atoms with Gasteiger partial charge in [-0.25, -0.2) is 18.7 Å². The summed E-state index contributed by atoms with van der Waals surface area (Å²) < 4.78 is 64.7. The zero-order valence-electron chi connectivity index (χ0n) is 17.5. The first-order valence-corrected chi connectivity index (χ1v) is 10.9. The highest BCUT2D eigenvalue weighted by Gasteiger charge is 2.57. The van der Waals surface area contributed by atoms with Gasteiger partial charge in [-0.3, -0.25) is 0 Å². The van der Waals surface area contributed by atoms with E-state index < -0.39 is 18.6 Å². The zero-order chi connectivity index (χ0) is 22.9. The maximum atomic E-state index is 14.5. The van der Waals surface area contributed by atoms with Gasteiger partial charge in [-0.05, 0) is 24.8 Å². The van der Waals surface area contributed by atoms with Gasteiger partial charge in [0.15, 0.2) is 11.6 Å². The Labute approximate surface area is 186 Å². The highest BCUT2D eigenvalue weighted by atomic mass is 19.3. The molecule has 0 amide bonds. The molecule has 5 heterocycles. The predicted molar refractivity (Wildman–Crippen MR) is 111 cm³/mol. The molecule has 2 N–H and O–H groups in total. The molecule has 6 rings (SSSR count). The molecule has 33 heavy (non-hydrogen) atoms. The van der Waals surface area contributed by atoms with Gasteiger partial charge >= 0.3 is 6.61 Å². The van der Waals surface area contributed by atoms with Crippen LogP contribution in [0.2, 0.25) is 0 Å². The molecule has 2 aromatic rings. The number of rotatable bonds is 5. The number of anilines is 3. The van der Waals surface area contributed by atoms with E-state index in [9.17, 15) is 17.6 Å². The van der Waals surface area contributed by atoms with Gasteiger partial charge in [-0.15, -0.1) is 0 Å². The fraction of sp³-hybridized carbons (Fsp3) is 0.571. The van der Waals surface area contributed by atoms with E-state index in [0.717, 1.165) is 6.42 Å². The van der Waals surface area contributed by atoms with Crippen LogP contribution in [-0.2, 0) is 4.74 Å². The van der Waals surface area contributed by atoms with E-state index in [1.165, 1.54) is 12.3 Å². The molecule has 4 fully saturated rings. The van der Waals surface area contributed by atoms with Crippen LogP contribution in [0.5, 0.6) is 5.75 Å². The molecule has 8 nitrogen and oxygen atoms in total. The van der Waals surface area contributed by atoms with Gasteiger partial charge in [0.1, 0.15) is 5.82 Å². The monoisotopic (exact) mass is 466 g/mol. The number of piperidine rings is 1. The largest absolute Gasteiger partial charge is 0.431 e. The van der Waals surface area contributed by atoms with Crippen molar-refractivity contribution in [3.63, 3.8) is 0 Å². The summed E-state index contributed by atoms with van der Waals surface area (Å²) in [6.07, 6.45) is 2.65. The van der Waals surface area contributed by atoms with E-state index in [2.05, 4.69) is 24.6 Å². The second-order valence-corrected chi connectivity index (χ2v) is 9.13. The molecule has 0 spiro atoms. The second-order valence-electron chi connectivity index (χ2n) is 9.13. The van der Waals surface area contributed by atoms with Gasteiger partial charge < -0.3 is 25.0 Å². The molecule has 0 radical (unpaired) electrons. The van der Waals surface area contributed by atoms with Crippen molar-refractivity contribution in [2.24, 2.45) is 5.92 Å². The summed E-state index contributed by atoms with van der Waals surface area (Å²) in [5.74, 6) is -2.58. The number of nitrogens with zero attached hydrogens (tertiary/aromatic N) is 5. The average molecular weight is 466 g/mol. The Hall–Kier alpha value is -2.89. The van der Waals surface area contributed by atoms with Gasteiger partial charge in [0.05, 0.1) is 30.5 Å². The summed E-state index contributed by atoms with van der Waals surface area (Å²) in [6, 6.07) is 2.24. The number of ether oxygens (including phenoxy) is 2. The van der Waals surface area contributed by atoms with Crippen LogP contribution in [0.1, 0.15) is 19.3 Å². The van der Waals surface area contributed by atoms with Gasteiger partial charge in [0.25, 0.3) is 5.92 Å². The fourth-order valence-electron chi connectivity index (χ4n) is 5.52. The first-order valence-electron chi connectivity index (χ1n) is 10.9. The molecule has 4 aliphatic rings. The minimum atomic E-state index is -3.07. The number of nitrogen functional groups attached to an aromatic ring is 1. The van der Waals surface area contributed by atoms with E-state index in [4.69, 9.17) is 10.5 Å². The standard InChI is InChI=1S/C21H22F4N6O2/c22-19(23)33-15-2-11(6-27-18(15)26)14-4-17(30-8-13-3-12(30)9-32-13)29-20(28-14)31-7-10-1-16(31)21(24,25)5-10/h2,4,6,10,12-13,16,19H,1,3,5,7-9H2,(H2,26,27). The van der Waals surface area contributed by atoms with Crippen LogP contribution >= 0.6 is 0 Å². The van der Waals surface area contributed by atoms with Crippen molar-refractivity contribution in [1.29, 1.82) is 0 Å². The van der Waals surface area contributed by atoms with Crippen molar-refractivity contribution in [2.75, 3.05) is 35.2 Å². The first-order chi connectivity index (χ1) is 15.8. The van der Waals surface area contributed by atoms with Gasteiger partial charge in [0, 0.05) is 37.3 Å². The number of morpholine rings is 1. The van der Waals surface area contributed by atoms with Gasteiger partial charge in [-0.1, -0.05) is 0 Å². The van der Waals surface area contributed by atoms with E-state index in [1.807, 2.05) is 0 Å².